The Morgan fingerprint density at radius 1 is 1.47 bits per heavy atom. The minimum absolute atomic E-state index is 0.0128. The molecule has 80 valence electrons. The van der Waals surface area contributed by atoms with E-state index in [0.717, 1.165) is 0 Å². The summed E-state index contributed by atoms with van der Waals surface area (Å²) in [6.45, 7) is 2.93. The summed E-state index contributed by atoms with van der Waals surface area (Å²) in [5, 5.41) is 8.86. The van der Waals surface area contributed by atoms with Gasteiger partial charge in [0, 0.05) is 20.0 Å². The third kappa shape index (κ3) is 1.58. The van der Waals surface area contributed by atoms with Crippen molar-refractivity contribution in [2.24, 2.45) is 0 Å². The largest absolute Gasteiger partial charge is 0.477 e. The van der Waals surface area contributed by atoms with Crippen molar-refractivity contribution in [3.05, 3.63) is 17.7 Å². The molecule has 0 bridgehead atoms. The SMILES string of the molecule is CC(=O)N1CCn2c(C(=O)O)cnc2C1. The third-order valence-corrected chi connectivity index (χ3v) is 2.53. The maximum Gasteiger partial charge on any atom is 0.354 e. The molecule has 0 saturated carbocycles. The second-order valence-electron chi connectivity index (χ2n) is 3.46. The molecule has 1 aromatic rings. The second-order valence-corrected chi connectivity index (χ2v) is 3.46. The van der Waals surface area contributed by atoms with E-state index in [1.54, 1.807) is 9.47 Å². The molecule has 0 fully saturated rings. The lowest BCUT2D eigenvalue weighted by Gasteiger charge is -2.27. The number of aromatic nitrogens is 2. The van der Waals surface area contributed by atoms with E-state index >= 15 is 0 Å². The van der Waals surface area contributed by atoms with Gasteiger partial charge >= 0.3 is 5.97 Å². The summed E-state index contributed by atoms with van der Waals surface area (Å²) < 4.78 is 1.64. The molecular weight excluding hydrogens is 198 g/mol. The lowest BCUT2D eigenvalue weighted by molar-refractivity contribution is -0.130. The van der Waals surface area contributed by atoms with Gasteiger partial charge in [-0.3, -0.25) is 4.79 Å². The van der Waals surface area contributed by atoms with E-state index in [1.807, 2.05) is 0 Å². The molecule has 0 radical (unpaired) electrons. The zero-order valence-electron chi connectivity index (χ0n) is 8.30. The quantitative estimate of drug-likeness (QED) is 0.703. The molecule has 0 aliphatic carbocycles. The summed E-state index contributed by atoms with van der Waals surface area (Å²) in [6.07, 6.45) is 1.33. The van der Waals surface area contributed by atoms with Crippen LogP contribution in [0.1, 0.15) is 23.2 Å². The van der Waals surface area contributed by atoms with Crippen LogP contribution in [-0.4, -0.2) is 38.0 Å². The summed E-state index contributed by atoms with van der Waals surface area (Å²) >= 11 is 0. The van der Waals surface area contributed by atoms with Crippen LogP contribution in [0.2, 0.25) is 0 Å². The van der Waals surface area contributed by atoms with Crippen LogP contribution in [0.3, 0.4) is 0 Å². The Balaban J connectivity index is 2.30. The van der Waals surface area contributed by atoms with Gasteiger partial charge in [-0.05, 0) is 0 Å². The highest BCUT2D eigenvalue weighted by atomic mass is 16.4. The van der Waals surface area contributed by atoms with Gasteiger partial charge in [-0.2, -0.15) is 0 Å². The fourth-order valence-electron chi connectivity index (χ4n) is 1.70. The number of carbonyl (C=O) groups excluding carboxylic acids is 1. The molecular formula is C9H11N3O3. The Morgan fingerprint density at radius 2 is 2.20 bits per heavy atom. The summed E-state index contributed by atoms with van der Waals surface area (Å²) in [6, 6.07) is 0. The molecule has 0 unspecified atom stereocenters. The standard InChI is InChI=1S/C9H11N3O3/c1-6(13)11-2-3-12-7(9(14)15)4-10-8(12)5-11/h4H,2-3,5H2,1H3,(H,14,15). The molecule has 0 saturated heterocycles. The van der Waals surface area contributed by atoms with Gasteiger partial charge in [0.15, 0.2) is 0 Å². The van der Waals surface area contributed by atoms with Crippen LogP contribution in [0.5, 0.6) is 0 Å². The monoisotopic (exact) mass is 209 g/mol. The lowest BCUT2D eigenvalue weighted by atomic mass is 10.3. The van der Waals surface area contributed by atoms with Crippen molar-refractivity contribution in [1.29, 1.82) is 0 Å². The summed E-state index contributed by atoms with van der Waals surface area (Å²) in [4.78, 5) is 27.6. The van der Waals surface area contributed by atoms with Crippen molar-refractivity contribution < 1.29 is 14.7 Å². The first-order valence-corrected chi connectivity index (χ1v) is 4.63. The van der Waals surface area contributed by atoms with E-state index in [0.29, 0.717) is 25.5 Å². The van der Waals surface area contributed by atoms with Crippen LogP contribution in [-0.2, 0) is 17.9 Å². The van der Waals surface area contributed by atoms with Gasteiger partial charge in [0.1, 0.15) is 11.5 Å². The smallest absolute Gasteiger partial charge is 0.354 e. The van der Waals surface area contributed by atoms with Crippen LogP contribution >= 0.6 is 0 Å². The van der Waals surface area contributed by atoms with Gasteiger partial charge in [0.2, 0.25) is 5.91 Å². The Morgan fingerprint density at radius 3 is 2.80 bits per heavy atom. The predicted molar refractivity (Wildman–Crippen MR) is 50.3 cm³/mol. The average molecular weight is 209 g/mol. The van der Waals surface area contributed by atoms with E-state index in [2.05, 4.69) is 4.98 Å². The molecule has 1 aromatic heterocycles. The first-order chi connectivity index (χ1) is 7.09. The van der Waals surface area contributed by atoms with Crippen LogP contribution < -0.4 is 0 Å². The van der Waals surface area contributed by atoms with Gasteiger partial charge in [-0.15, -0.1) is 0 Å². The number of rotatable bonds is 1. The molecule has 1 N–H and O–H groups in total. The Labute approximate surface area is 86.1 Å². The predicted octanol–water partition coefficient (Wildman–Crippen LogP) is -0.0566. The van der Waals surface area contributed by atoms with E-state index in [9.17, 15) is 9.59 Å². The number of fused-ring (bicyclic) bond motifs is 1. The van der Waals surface area contributed by atoms with Crippen molar-refractivity contribution in [3.63, 3.8) is 0 Å². The average Bonchev–Trinajstić information content (AvgIpc) is 2.59. The van der Waals surface area contributed by atoms with E-state index in [1.165, 1.54) is 13.1 Å². The molecule has 0 spiro atoms. The third-order valence-electron chi connectivity index (χ3n) is 2.53. The fraction of sp³-hybridized carbons (Fsp3) is 0.444. The van der Waals surface area contributed by atoms with Gasteiger partial charge in [-0.25, -0.2) is 9.78 Å². The van der Waals surface area contributed by atoms with Crippen molar-refractivity contribution in [1.82, 2.24) is 14.5 Å². The first-order valence-electron chi connectivity index (χ1n) is 4.63. The van der Waals surface area contributed by atoms with Crippen molar-refractivity contribution >= 4 is 11.9 Å². The number of aromatic carboxylic acids is 1. The van der Waals surface area contributed by atoms with Gasteiger partial charge in [0.05, 0.1) is 12.7 Å². The summed E-state index contributed by atoms with van der Waals surface area (Å²) in [7, 11) is 0. The minimum Gasteiger partial charge on any atom is -0.477 e. The Bertz CT molecular complexity index is 424. The molecule has 6 nitrogen and oxygen atoms in total. The minimum atomic E-state index is -0.981. The Hall–Kier alpha value is -1.85. The highest BCUT2D eigenvalue weighted by Gasteiger charge is 2.23. The number of amides is 1. The van der Waals surface area contributed by atoms with Crippen LogP contribution in [0.25, 0.3) is 0 Å². The molecule has 0 aromatic carbocycles. The van der Waals surface area contributed by atoms with Gasteiger partial charge < -0.3 is 14.6 Å². The highest BCUT2D eigenvalue weighted by molar-refractivity contribution is 5.85. The number of carboxylic acids is 1. The van der Waals surface area contributed by atoms with Crippen molar-refractivity contribution in [2.45, 2.75) is 20.0 Å². The summed E-state index contributed by atoms with van der Waals surface area (Å²) in [5.74, 6) is -0.361. The zero-order valence-corrected chi connectivity index (χ0v) is 8.30. The molecule has 2 heterocycles. The molecule has 1 aliphatic heterocycles. The van der Waals surface area contributed by atoms with Crippen LogP contribution in [0.4, 0.5) is 0 Å². The summed E-state index contributed by atoms with van der Waals surface area (Å²) in [5.41, 5.74) is 0.188. The van der Waals surface area contributed by atoms with E-state index < -0.39 is 5.97 Å². The van der Waals surface area contributed by atoms with Crippen LogP contribution in [0.15, 0.2) is 6.20 Å². The number of carbonyl (C=O) groups is 2. The molecule has 1 aliphatic rings. The Kier molecular flexibility index (Phi) is 2.18. The van der Waals surface area contributed by atoms with E-state index in [4.69, 9.17) is 5.11 Å². The second kappa shape index (κ2) is 3.38. The maximum atomic E-state index is 11.1. The fourth-order valence-corrected chi connectivity index (χ4v) is 1.70. The van der Waals surface area contributed by atoms with Crippen molar-refractivity contribution in [3.8, 4) is 0 Å². The highest BCUT2D eigenvalue weighted by Crippen LogP contribution is 2.14. The number of hydrogen-bond acceptors (Lipinski definition) is 3. The number of hydrogen-bond donors (Lipinski definition) is 1. The number of carboxylic acid groups (broad SMARTS) is 1. The topological polar surface area (TPSA) is 75.4 Å². The van der Waals surface area contributed by atoms with Crippen LogP contribution in [0, 0.1) is 0 Å². The van der Waals surface area contributed by atoms with Gasteiger partial charge in [0.25, 0.3) is 0 Å². The number of nitrogens with zero attached hydrogens (tertiary/aromatic N) is 3. The first kappa shape index (κ1) is 9.70. The molecule has 6 heteroatoms. The molecule has 2 rings (SSSR count). The molecule has 1 amide bonds. The molecule has 15 heavy (non-hydrogen) atoms. The maximum absolute atomic E-state index is 11.1. The van der Waals surface area contributed by atoms with E-state index in [-0.39, 0.29) is 11.6 Å². The zero-order chi connectivity index (χ0) is 11.0. The molecule has 0 atom stereocenters. The van der Waals surface area contributed by atoms with Crippen molar-refractivity contribution in [2.75, 3.05) is 6.54 Å². The lowest BCUT2D eigenvalue weighted by Crippen LogP contribution is -2.37. The normalized spacial score (nSPS) is 14.9. The van der Waals surface area contributed by atoms with Gasteiger partial charge in [-0.1, -0.05) is 0 Å². The number of imidazole rings is 1.